The number of imide groups is 1. The molecule has 0 aliphatic carbocycles. The van der Waals surface area contributed by atoms with E-state index in [0.29, 0.717) is 38.8 Å². The van der Waals surface area contributed by atoms with Crippen molar-refractivity contribution in [3.63, 3.8) is 0 Å². The van der Waals surface area contributed by atoms with Gasteiger partial charge in [0.1, 0.15) is 6.04 Å². The van der Waals surface area contributed by atoms with Crippen molar-refractivity contribution >= 4 is 17.8 Å². The standard InChI is InChI=1S/C44H86N2O4/c1-4-7-10-12-14-16-18-20-21-23-25-27-29-31-33-38-43(48)46(41(36-34-35-39-45)44(49)50-40-9-6-3)42(47)37-32-30-28-26-24-22-19-17-15-13-11-8-5-2/h41H,4-40,45H2,1-3H3/t41-/m0/s1. The minimum atomic E-state index is -0.836. The maximum absolute atomic E-state index is 13.6. The van der Waals surface area contributed by atoms with Crippen LogP contribution in [0.5, 0.6) is 0 Å². The third kappa shape index (κ3) is 30.2. The van der Waals surface area contributed by atoms with E-state index in [1.54, 1.807) is 0 Å². The highest BCUT2D eigenvalue weighted by Gasteiger charge is 2.34. The van der Waals surface area contributed by atoms with E-state index < -0.39 is 12.0 Å². The van der Waals surface area contributed by atoms with E-state index >= 15 is 0 Å². The van der Waals surface area contributed by atoms with E-state index in [0.717, 1.165) is 57.8 Å². The average Bonchev–Trinajstić information content (AvgIpc) is 3.11. The number of nitrogens with two attached hydrogens (primary N) is 1. The molecule has 0 aromatic carbocycles. The van der Waals surface area contributed by atoms with Crippen LogP contribution in [0.25, 0.3) is 0 Å². The zero-order valence-corrected chi connectivity index (χ0v) is 33.9. The van der Waals surface area contributed by atoms with Gasteiger partial charge in [0.2, 0.25) is 11.8 Å². The zero-order chi connectivity index (χ0) is 36.8. The lowest BCUT2D eigenvalue weighted by Gasteiger charge is -2.29. The summed E-state index contributed by atoms with van der Waals surface area (Å²) in [6.45, 7) is 7.45. The van der Waals surface area contributed by atoms with Crippen LogP contribution >= 0.6 is 0 Å². The van der Waals surface area contributed by atoms with Crippen molar-refractivity contribution in [3.8, 4) is 0 Å². The molecule has 296 valence electrons. The molecule has 2 N–H and O–H groups in total. The van der Waals surface area contributed by atoms with Crippen LogP contribution < -0.4 is 5.73 Å². The van der Waals surface area contributed by atoms with Gasteiger partial charge in [0.05, 0.1) is 6.61 Å². The lowest BCUT2D eigenvalue weighted by atomic mass is 10.0. The summed E-state index contributed by atoms with van der Waals surface area (Å²) in [6, 6.07) is -0.836. The zero-order valence-electron chi connectivity index (χ0n) is 33.9. The topological polar surface area (TPSA) is 89.7 Å². The molecule has 0 aliphatic heterocycles. The van der Waals surface area contributed by atoms with Crippen LogP contribution in [0.4, 0.5) is 0 Å². The largest absolute Gasteiger partial charge is 0.464 e. The van der Waals surface area contributed by atoms with Crippen LogP contribution in [0.2, 0.25) is 0 Å². The fourth-order valence-electron chi connectivity index (χ4n) is 6.92. The number of unbranched alkanes of at least 4 members (excludes halogenated alkanes) is 28. The van der Waals surface area contributed by atoms with Crippen LogP contribution in [0, 0.1) is 0 Å². The molecule has 6 nitrogen and oxygen atoms in total. The molecule has 6 heteroatoms. The number of ether oxygens (including phenoxy) is 1. The number of amides is 2. The van der Waals surface area contributed by atoms with E-state index in [2.05, 4.69) is 20.8 Å². The lowest BCUT2D eigenvalue weighted by Crippen LogP contribution is -2.49. The molecule has 2 amide bonds. The number of carbonyl (C=O) groups excluding carboxylic acids is 3. The molecule has 50 heavy (non-hydrogen) atoms. The van der Waals surface area contributed by atoms with Gasteiger partial charge in [-0.1, -0.05) is 194 Å². The molecule has 0 saturated carbocycles. The Kier molecular flexibility index (Phi) is 37.7. The first-order chi connectivity index (χ1) is 24.5. The van der Waals surface area contributed by atoms with Crippen molar-refractivity contribution in [2.24, 2.45) is 5.73 Å². The predicted molar refractivity (Wildman–Crippen MR) is 214 cm³/mol. The Labute approximate surface area is 311 Å². The van der Waals surface area contributed by atoms with Gasteiger partial charge in [-0.05, 0) is 45.1 Å². The minimum absolute atomic E-state index is 0.204. The first-order valence-electron chi connectivity index (χ1n) is 22.2. The Morgan fingerprint density at radius 3 is 1.08 bits per heavy atom. The first-order valence-corrected chi connectivity index (χ1v) is 22.2. The van der Waals surface area contributed by atoms with Crippen LogP contribution in [-0.4, -0.2) is 41.9 Å². The maximum Gasteiger partial charge on any atom is 0.329 e. The van der Waals surface area contributed by atoms with E-state index in [9.17, 15) is 14.4 Å². The number of esters is 1. The summed E-state index contributed by atoms with van der Waals surface area (Å²) in [5, 5.41) is 0. The fraction of sp³-hybridized carbons (Fsp3) is 0.932. The van der Waals surface area contributed by atoms with Gasteiger partial charge in [0.25, 0.3) is 0 Å². The number of hydrogen-bond donors (Lipinski definition) is 1. The lowest BCUT2D eigenvalue weighted by molar-refractivity contribution is -0.162. The second kappa shape index (κ2) is 38.8. The van der Waals surface area contributed by atoms with Gasteiger partial charge < -0.3 is 10.5 Å². The van der Waals surface area contributed by atoms with Gasteiger partial charge in [0, 0.05) is 12.8 Å². The number of carbonyl (C=O) groups is 3. The quantitative estimate of drug-likeness (QED) is 0.0507. The molecule has 0 spiro atoms. The molecule has 0 bridgehead atoms. The first kappa shape index (κ1) is 48.6. The number of rotatable bonds is 39. The third-order valence-electron chi connectivity index (χ3n) is 10.3. The van der Waals surface area contributed by atoms with Gasteiger partial charge in [-0.25, -0.2) is 4.79 Å². The van der Waals surface area contributed by atoms with E-state index in [1.165, 1.54) is 146 Å². The molecule has 0 heterocycles. The average molecular weight is 707 g/mol. The van der Waals surface area contributed by atoms with Crippen LogP contribution in [0.15, 0.2) is 0 Å². The van der Waals surface area contributed by atoms with Gasteiger partial charge in [-0.3, -0.25) is 14.5 Å². The summed E-state index contributed by atoms with van der Waals surface area (Å²) in [5.41, 5.74) is 5.75. The van der Waals surface area contributed by atoms with Crippen molar-refractivity contribution < 1.29 is 19.1 Å². The number of nitrogens with zero attached hydrogens (tertiary/aromatic N) is 1. The van der Waals surface area contributed by atoms with Crippen molar-refractivity contribution in [3.05, 3.63) is 0 Å². The molecule has 0 rings (SSSR count). The summed E-state index contributed by atoms with van der Waals surface area (Å²) >= 11 is 0. The second-order valence-electron chi connectivity index (χ2n) is 15.2. The highest BCUT2D eigenvalue weighted by atomic mass is 16.5. The van der Waals surface area contributed by atoms with E-state index in [4.69, 9.17) is 10.5 Å². The van der Waals surface area contributed by atoms with Gasteiger partial charge in [-0.15, -0.1) is 0 Å². The normalized spacial score (nSPS) is 11.9. The van der Waals surface area contributed by atoms with Gasteiger partial charge in [0.15, 0.2) is 0 Å². The Hall–Kier alpha value is -1.43. The summed E-state index contributed by atoms with van der Waals surface area (Å²) in [7, 11) is 0. The van der Waals surface area contributed by atoms with Gasteiger partial charge >= 0.3 is 5.97 Å². The smallest absolute Gasteiger partial charge is 0.329 e. The van der Waals surface area contributed by atoms with Crippen molar-refractivity contribution in [1.29, 1.82) is 0 Å². The van der Waals surface area contributed by atoms with E-state index in [1.807, 2.05) is 0 Å². The summed E-state index contributed by atoms with van der Waals surface area (Å²) in [5.74, 6) is -0.840. The molecule has 0 aromatic rings. The maximum atomic E-state index is 13.6. The summed E-state index contributed by atoms with van der Waals surface area (Å²) in [6.07, 6.45) is 39.4. The molecule has 0 aliphatic rings. The molecule has 0 fully saturated rings. The third-order valence-corrected chi connectivity index (χ3v) is 10.3. The fourth-order valence-corrected chi connectivity index (χ4v) is 6.92. The molecule has 0 radical (unpaired) electrons. The van der Waals surface area contributed by atoms with Crippen molar-refractivity contribution in [1.82, 2.24) is 4.90 Å². The van der Waals surface area contributed by atoms with Crippen LogP contribution in [0.1, 0.15) is 245 Å². The molecular formula is C44H86N2O4. The van der Waals surface area contributed by atoms with Crippen molar-refractivity contribution in [2.45, 2.75) is 252 Å². The Balaban J connectivity index is 4.68. The Morgan fingerprint density at radius 2 is 0.760 bits per heavy atom. The molecular weight excluding hydrogens is 620 g/mol. The van der Waals surface area contributed by atoms with Crippen molar-refractivity contribution in [2.75, 3.05) is 13.2 Å². The summed E-state index contributed by atoms with van der Waals surface area (Å²) < 4.78 is 5.59. The van der Waals surface area contributed by atoms with Crippen LogP contribution in [-0.2, 0) is 19.1 Å². The van der Waals surface area contributed by atoms with Crippen LogP contribution in [0.3, 0.4) is 0 Å². The highest BCUT2D eigenvalue weighted by molar-refractivity contribution is 5.99. The Morgan fingerprint density at radius 1 is 0.440 bits per heavy atom. The Bertz CT molecular complexity index is 758. The monoisotopic (exact) mass is 707 g/mol. The van der Waals surface area contributed by atoms with E-state index in [-0.39, 0.29) is 11.8 Å². The highest BCUT2D eigenvalue weighted by Crippen LogP contribution is 2.20. The number of hydrogen-bond acceptors (Lipinski definition) is 5. The molecule has 0 aromatic heterocycles. The molecule has 0 saturated heterocycles. The molecule has 0 unspecified atom stereocenters. The minimum Gasteiger partial charge on any atom is -0.464 e. The second-order valence-corrected chi connectivity index (χ2v) is 15.2. The predicted octanol–water partition coefficient (Wildman–Crippen LogP) is 12.9. The SMILES string of the molecule is CCCCCCCCCCCCCCCCCC(=O)N(C(=O)CCCCCCCCCCCCCCC)[C@@H](CCCCN)C(=O)OCCCC. The molecule has 1 atom stereocenters. The van der Waals surface area contributed by atoms with Gasteiger partial charge in [-0.2, -0.15) is 0 Å². The summed E-state index contributed by atoms with van der Waals surface area (Å²) in [4.78, 5) is 41.8.